The van der Waals surface area contributed by atoms with Gasteiger partial charge >= 0.3 is 0 Å². The van der Waals surface area contributed by atoms with Gasteiger partial charge in [-0.2, -0.15) is 12.6 Å². The fourth-order valence-corrected chi connectivity index (χ4v) is 1.03. The van der Waals surface area contributed by atoms with Crippen molar-refractivity contribution in [2.24, 2.45) is 5.92 Å². The summed E-state index contributed by atoms with van der Waals surface area (Å²) in [6, 6.07) is 0. The number of nitrogens with one attached hydrogen (secondary N) is 1. The maximum Gasteiger partial charge on any atom is 0.233 e. The van der Waals surface area contributed by atoms with Gasteiger partial charge in [-0.15, -0.1) is 0 Å². The summed E-state index contributed by atoms with van der Waals surface area (Å²) in [4.78, 5) is 11.4. The van der Waals surface area contributed by atoms with Crippen LogP contribution >= 0.6 is 12.6 Å². The van der Waals surface area contributed by atoms with E-state index in [1.165, 1.54) is 0 Å². The molecule has 0 aromatic heterocycles. The van der Waals surface area contributed by atoms with E-state index in [4.69, 9.17) is 4.74 Å². The van der Waals surface area contributed by atoms with E-state index in [0.29, 0.717) is 13.2 Å². The molecule has 0 aliphatic carbocycles. The van der Waals surface area contributed by atoms with Crippen molar-refractivity contribution in [1.82, 2.24) is 5.32 Å². The van der Waals surface area contributed by atoms with Crippen molar-refractivity contribution >= 4 is 18.5 Å². The second kappa shape index (κ2) is 8.12. The third kappa shape index (κ3) is 6.27. The van der Waals surface area contributed by atoms with Crippen LogP contribution in [0.1, 0.15) is 27.2 Å². The van der Waals surface area contributed by atoms with Crippen molar-refractivity contribution in [2.75, 3.05) is 19.8 Å². The van der Waals surface area contributed by atoms with Crippen LogP contribution in [0.4, 0.5) is 0 Å². The predicted octanol–water partition coefficient (Wildman–Crippen LogP) is 1.48. The Hall–Kier alpha value is -0.220. The Labute approximate surface area is 92.0 Å². The zero-order valence-corrected chi connectivity index (χ0v) is 10.1. The lowest BCUT2D eigenvalue weighted by molar-refractivity contribution is -0.121. The minimum absolute atomic E-state index is 0.0137. The van der Waals surface area contributed by atoms with Crippen LogP contribution in [0.2, 0.25) is 0 Å². The molecule has 1 N–H and O–H groups in total. The van der Waals surface area contributed by atoms with Crippen molar-refractivity contribution in [3.63, 3.8) is 0 Å². The molecule has 0 spiro atoms. The molecule has 0 rings (SSSR count). The third-order valence-electron chi connectivity index (χ3n) is 1.87. The first-order valence-corrected chi connectivity index (χ1v) is 5.64. The number of thiol groups is 1. The van der Waals surface area contributed by atoms with E-state index in [-0.39, 0.29) is 17.1 Å². The molecular weight excluding hydrogens is 198 g/mol. The van der Waals surface area contributed by atoms with Gasteiger partial charge in [0.05, 0.1) is 5.25 Å². The highest BCUT2D eigenvalue weighted by molar-refractivity contribution is 7.81. The summed E-state index contributed by atoms with van der Waals surface area (Å²) in [5.74, 6) is 0.282. The van der Waals surface area contributed by atoms with Crippen molar-refractivity contribution in [3.8, 4) is 0 Å². The molecular formula is C10H21NO2S. The van der Waals surface area contributed by atoms with E-state index in [1.807, 2.05) is 20.8 Å². The summed E-state index contributed by atoms with van der Waals surface area (Å²) in [7, 11) is 0. The summed E-state index contributed by atoms with van der Waals surface area (Å²) in [6.45, 7) is 8.03. The molecule has 0 saturated carbocycles. The lowest BCUT2D eigenvalue weighted by atomic mass is 10.1. The minimum Gasteiger partial charge on any atom is -0.382 e. The van der Waals surface area contributed by atoms with Gasteiger partial charge in [-0.05, 0) is 19.3 Å². The Morgan fingerprint density at radius 2 is 2.14 bits per heavy atom. The first kappa shape index (κ1) is 13.8. The SMILES string of the molecule is CCOCCCNC(=O)C(S)C(C)C. The maximum atomic E-state index is 11.4. The molecule has 0 fully saturated rings. The fourth-order valence-electron chi connectivity index (χ4n) is 0.937. The Balaban J connectivity index is 3.44. The molecule has 0 saturated heterocycles. The number of carbonyl (C=O) groups is 1. The number of hydrogen-bond donors (Lipinski definition) is 2. The number of carbonyl (C=O) groups excluding carboxylic acids is 1. The monoisotopic (exact) mass is 219 g/mol. The summed E-state index contributed by atoms with van der Waals surface area (Å²) >= 11 is 4.22. The van der Waals surface area contributed by atoms with Crippen molar-refractivity contribution in [1.29, 1.82) is 0 Å². The van der Waals surface area contributed by atoms with Crippen LogP contribution in [0.3, 0.4) is 0 Å². The first-order valence-electron chi connectivity index (χ1n) is 5.13. The molecule has 0 heterocycles. The number of amides is 1. The summed E-state index contributed by atoms with van der Waals surface area (Å²) in [5.41, 5.74) is 0. The molecule has 1 atom stereocenters. The molecule has 0 aliphatic heterocycles. The van der Waals surface area contributed by atoms with Crippen molar-refractivity contribution < 1.29 is 9.53 Å². The van der Waals surface area contributed by atoms with E-state index in [2.05, 4.69) is 17.9 Å². The first-order chi connectivity index (χ1) is 6.59. The van der Waals surface area contributed by atoms with Gasteiger partial charge in [-0.3, -0.25) is 4.79 Å². The van der Waals surface area contributed by atoms with Crippen LogP contribution in [0.5, 0.6) is 0 Å². The Bertz CT molecular complexity index is 162. The van der Waals surface area contributed by atoms with E-state index in [1.54, 1.807) is 0 Å². The molecule has 1 amide bonds. The van der Waals surface area contributed by atoms with E-state index >= 15 is 0 Å². The van der Waals surface area contributed by atoms with Gasteiger partial charge < -0.3 is 10.1 Å². The molecule has 0 bridgehead atoms. The van der Waals surface area contributed by atoms with Gasteiger partial charge in [0, 0.05) is 19.8 Å². The van der Waals surface area contributed by atoms with E-state index < -0.39 is 0 Å². The van der Waals surface area contributed by atoms with Crippen LogP contribution in [0.15, 0.2) is 0 Å². The van der Waals surface area contributed by atoms with Crippen LogP contribution < -0.4 is 5.32 Å². The summed E-state index contributed by atoms with van der Waals surface area (Å²) in [5, 5.41) is 2.62. The van der Waals surface area contributed by atoms with Crippen LogP contribution in [-0.2, 0) is 9.53 Å². The second-order valence-electron chi connectivity index (χ2n) is 3.53. The molecule has 84 valence electrons. The molecule has 0 aromatic carbocycles. The van der Waals surface area contributed by atoms with Crippen LogP contribution in [0, 0.1) is 5.92 Å². The molecule has 14 heavy (non-hydrogen) atoms. The van der Waals surface area contributed by atoms with Crippen molar-refractivity contribution in [3.05, 3.63) is 0 Å². The normalized spacial score (nSPS) is 12.9. The van der Waals surface area contributed by atoms with Gasteiger partial charge in [-0.25, -0.2) is 0 Å². The second-order valence-corrected chi connectivity index (χ2v) is 4.09. The minimum atomic E-state index is -0.206. The fraction of sp³-hybridized carbons (Fsp3) is 0.900. The molecule has 1 unspecified atom stereocenters. The highest BCUT2D eigenvalue weighted by Crippen LogP contribution is 2.08. The van der Waals surface area contributed by atoms with Crippen molar-refractivity contribution in [2.45, 2.75) is 32.4 Å². The van der Waals surface area contributed by atoms with Gasteiger partial charge in [0.1, 0.15) is 0 Å². The highest BCUT2D eigenvalue weighted by Gasteiger charge is 2.16. The quantitative estimate of drug-likeness (QED) is 0.503. The molecule has 3 nitrogen and oxygen atoms in total. The zero-order chi connectivity index (χ0) is 11.0. The largest absolute Gasteiger partial charge is 0.382 e. The van der Waals surface area contributed by atoms with E-state index in [9.17, 15) is 4.79 Å². The highest BCUT2D eigenvalue weighted by atomic mass is 32.1. The predicted molar refractivity (Wildman–Crippen MR) is 61.7 cm³/mol. The van der Waals surface area contributed by atoms with Gasteiger partial charge in [0.25, 0.3) is 0 Å². The molecule has 4 heteroatoms. The number of hydrogen-bond acceptors (Lipinski definition) is 3. The number of rotatable bonds is 7. The molecule has 0 aromatic rings. The lowest BCUT2D eigenvalue weighted by Gasteiger charge is -2.14. The average molecular weight is 219 g/mol. The Kier molecular flexibility index (Phi) is 7.99. The standard InChI is InChI=1S/C10H21NO2S/c1-4-13-7-5-6-11-10(12)9(14)8(2)3/h8-9,14H,4-7H2,1-3H3,(H,11,12). The summed E-state index contributed by atoms with van der Waals surface area (Å²) in [6.07, 6.45) is 0.859. The lowest BCUT2D eigenvalue weighted by Crippen LogP contribution is -2.35. The summed E-state index contributed by atoms with van der Waals surface area (Å²) < 4.78 is 5.15. The number of ether oxygens (including phenoxy) is 1. The Morgan fingerprint density at radius 1 is 1.50 bits per heavy atom. The zero-order valence-electron chi connectivity index (χ0n) is 9.25. The van der Waals surface area contributed by atoms with Gasteiger partial charge in [0.15, 0.2) is 0 Å². The maximum absolute atomic E-state index is 11.4. The molecule has 0 aliphatic rings. The van der Waals surface area contributed by atoms with Crippen LogP contribution in [-0.4, -0.2) is 30.9 Å². The average Bonchev–Trinajstić information content (AvgIpc) is 2.16. The Morgan fingerprint density at radius 3 is 2.64 bits per heavy atom. The third-order valence-corrected chi connectivity index (χ3v) is 2.70. The molecule has 0 radical (unpaired) electrons. The topological polar surface area (TPSA) is 38.3 Å². The smallest absolute Gasteiger partial charge is 0.233 e. The van der Waals surface area contributed by atoms with Gasteiger partial charge in [-0.1, -0.05) is 13.8 Å². The van der Waals surface area contributed by atoms with Crippen LogP contribution in [0.25, 0.3) is 0 Å². The van der Waals surface area contributed by atoms with E-state index in [0.717, 1.165) is 13.0 Å². The van der Waals surface area contributed by atoms with Gasteiger partial charge in [0.2, 0.25) is 5.91 Å².